The fourth-order valence-corrected chi connectivity index (χ4v) is 5.32. The van der Waals surface area contributed by atoms with Crippen LogP contribution in [0.15, 0.2) is 23.0 Å². The first-order chi connectivity index (χ1) is 12.1. The summed E-state index contributed by atoms with van der Waals surface area (Å²) < 4.78 is 11.4. The fourth-order valence-electron chi connectivity index (χ4n) is 4.38. The van der Waals surface area contributed by atoms with Crippen molar-refractivity contribution in [1.29, 1.82) is 0 Å². The highest BCUT2D eigenvalue weighted by Crippen LogP contribution is 2.51. The molecule has 0 saturated heterocycles. The van der Waals surface area contributed by atoms with E-state index in [0.717, 1.165) is 12.2 Å². The van der Waals surface area contributed by atoms with Crippen LogP contribution in [-0.4, -0.2) is 45.2 Å². The van der Waals surface area contributed by atoms with Crippen LogP contribution in [0.5, 0.6) is 0 Å². The van der Waals surface area contributed by atoms with Crippen molar-refractivity contribution in [3.63, 3.8) is 0 Å². The summed E-state index contributed by atoms with van der Waals surface area (Å²) in [6.07, 6.45) is 5.08. The lowest BCUT2D eigenvalue weighted by Gasteiger charge is -2.35. The Kier molecular flexibility index (Phi) is 4.63. The maximum Gasteiger partial charge on any atom is 0.319 e. The summed E-state index contributed by atoms with van der Waals surface area (Å²) in [6, 6.07) is 0. The summed E-state index contributed by atoms with van der Waals surface area (Å²) in [5.41, 5.74) is 0.451. The molecule has 142 valence electrons. The molecule has 1 aliphatic heterocycles. The van der Waals surface area contributed by atoms with E-state index in [4.69, 9.17) is 9.16 Å². The average Bonchev–Trinajstić information content (AvgIpc) is 3.20. The topological polar surface area (TPSA) is 72.9 Å². The molecule has 6 nitrogen and oxygen atoms in total. The first-order valence-corrected chi connectivity index (χ1v) is 12.5. The lowest BCUT2D eigenvalue weighted by atomic mass is 9.76. The molecule has 0 bridgehead atoms. The number of amides is 2. The maximum absolute atomic E-state index is 12.8. The van der Waals surface area contributed by atoms with Gasteiger partial charge in [-0.25, -0.2) is 0 Å². The van der Waals surface area contributed by atoms with Crippen LogP contribution in [0.4, 0.5) is 0 Å². The Morgan fingerprint density at radius 3 is 2.31 bits per heavy atom. The molecule has 1 atom stereocenters. The van der Waals surface area contributed by atoms with Gasteiger partial charge in [-0.05, 0) is 63.7 Å². The normalized spacial score (nSPS) is 26.5. The molecule has 1 heterocycles. The SMILES string of the molecule is COC(=O)C1(CC2CC3=C(C2)C(=O)N(C)C3=O)CCC=C1O[Si](C)(C)C. The molecule has 0 saturated carbocycles. The smallest absolute Gasteiger partial charge is 0.319 e. The summed E-state index contributed by atoms with van der Waals surface area (Å²) >= 11 is 0. The van der Waals surface area contributed by atoms with Crippen LogP contribution in [0.2, 0.25) is 19.6 Å². The summed E-state index contributed by atoms with van der Waals surface area (Å²) in [6.45, 7) is 6.27. The van der Waals surface area contributed by atoms with E-state index in [1.807, 2.05) is 6.08 Å². The molecule has 0 fully saturated rings. The number of nitrogens with zero attached hydrogens (tertiary/aromatic N) is 1. The molecule has 0 spiro atoms. The molecule has 26 heavy (non-hydrogen) atoms. The van der Waals surface area contributed by atoms with E-state index in [1.54, 1.807) is 0 Å². The van der Waals surface area contributed by atoms with Gasteiger partial charge in [0.2, 0.25) is 8.32 Å². The number of likely N-dealkylation sites (N-methyl/N-ethyl adjacent to an activating group) is 1. The lowest BCUT2D eigenvalue weighted by Crippen LogP contribution is -2.39. The number of esters is 1. The van der Waals surface area contributed by atoms with Crippen molar-refractivity contribution >= 4 is 26.1 Å². The average molecular weight is 378 g/mol. The monoisotopic (exact) mass is 377 g/mol. The summed E-state index contributed by atoms with van der Waals surface area (Å²) in [7, 11) is 1.05. The van der Waals surface area contributed by atoms with Gasteiger partial charge in [-0.3, -0.25) is 19.3 Å². The molecule has 2 aliphatic carbocycles. The first kappa shape index (κ1) is 18.9. The van der Waals surface area contributed by atoms with Crippen LogP contribution in [-0.2, 0) is 23.5 Å². The van der Waals surface area contributed by atoms with Gasteiger partial charge in [0.05, 0.1) is 12.9 Å². The summed E-state index contributed by atoms with van der Waals surface area (Å²) in [5.74, 6) is 0.138. The molecular weight excluding hydrogens is 350 g/mol. The van der Waals surface area contributed by atoms with E-state index < -0.39 is 13.7 Å². The number of allylic oxidation sites excluding steroid dienone is 1. The van der Waals surface area contributed by atoms with Gasteiger partial charge in [0.1, 0.15) is 5.41 Å². The van der Waals surface area contributed by atoms with E-state index in [0.29, 0.717) is 36.8 Å². The molecule has 0 aromatic rings. The van der Waals surface area contributed by atoms with E-state index in [1.165, 1.54) is 19.1 Å². The molecular formula is C19H27NO5Si. The molecule has 1 unspecified atom stereocenters. The molecule has 0 aromatic carbocycles. The largest absolute Gasteiger partial charge is 0.547 e. The van der Waals surface area contributed by atoms with Gasteiger partial charge in [-0.1, -0.05) is 0 Å². The van der Waals surface area contributed by atoms with Crippen LogP contribution in [0.25, 0.3) is 0 Å². The quantitative estimate of drug-likeness (QED) is 0.418. The predicted molar refractivity (Wildman–Crippen MR) is 98.3 cm³/mol. The number of methoxy groups -OCH3 is 1. The van der Waals surface area contributed by atoms with Crippen LogP contribution >= 0.6 is 0 Å². The Labute approximate surface area is 155 Å². The van der Waals surface area contributed by atoms with Gasteiger partial charge in [0, 0.05) is 18.2 Å². The molecule has 0 radical (unpaired) electrons. The Balaban J connectivity index is 1.82. The van der Waals surface area contributed by atoms with Crippen LogP contribution in [0, 0.1) is 11.3 Å². The number of hydrogen-bond acceptors (Lipinski definition) is 5. The zero-order valence-electron chi connectivity index (χ0n) is 16.2. The number of ether oxygens (including phenoxy) is 1. The van der Waals surface area contributed by atoms with Crippen molar-refractivity contribution < 1.29 is 23.5 Å². The second kappa shape index (κ2) is 6.37. The third kappa shape index (κ3) is 3.02. The third-order valence-electron chi connectivity index (χ3n) is 5.48. The van der Waals surface area contributed by atoms with Crippen LogP contribution < -0.4 is 0 Å². The highest BCUT2D eigenvalue weighted by molar-refractivity contribution is 6.70. The van der Waals surface area contributed by atoms with Crippen LogP contribution in [0.1, 0.15) is 32.1 Å². The fraction of sp³-hybridized carbons (Fsp3) is 0.632. The highest BCUT2D eigenvalue weighted by Gasteiger charge is 2.51. The van der Waals surface area contributed by atoms with Gasteiger partial charge >= 0.3 is 5.97 Å². The Bertz CT molecular complexity index is 705. The second-order valence-corrected chi connectivity index (χ2v) is 12.9. The molecule has 2 amide bonds. The number of imide groups is 1. The summed E-state index contributed by atoms with van der Waals surface area (Å²) in [4.78, 5) is 38.4. The zero-order chi connectivity index (χ0) is 19.3. The Morgan fingerprint density at radius 2 is 1.81 bits per heavy atom. The summed E-state index contributed by atoms with van der Waals surface area (Å²) in [5, 5.41) is 0. The molecule has 7 heteroatoms. The lowest BCUT2D eigenvalue weighted by molar-refractivity contribution is -0.152. The molecule has 3 rings (SSSR count). The molecule has 3 aliphatic rings. The van der Waals surface area contributed by atoms with E-state index in [-0.39, 0.29) is 23.7 Å². The number of likely N-dealkylation sites (tertiary alicyclic amines) is 1. The van der Waals surface area contributed by atoms with Crippen molar-refractivity contribution in [2.24, 2.45) is 11.3 Å². The Hall–Kier alpha value is -1.89. The highest BCUT2D eigenvalue weighted by atomic mass is 28.4. The number of carbonyl (C=O) groups is 3. The van der Waals surface area contributed by atoms with Gasteiger partial charge in [-0.2, -0.15) is 0 Å². The van der Waals surface area contributed by atoms with E-state index in [2.05, 4.69) is 19.6 Å². The second-order valence-electron chi connectivity index (χ2n) is 8.50. The third-order valence-corrected chi connectivity index (χ3v) is 6.31. The minimum atomic E-state index is -1.88. The van der Waals surface area contributed by atoms with Crippen molar-refractivity contribution in [3.8, 4) is 0 Å². The molecule has 0 aromatic heterocycles. The first-order valence-electron chi connectivity index (χ1n) is 9.11. The number of rotatable bonds is 5. The van der Waals surface area contributed by atoms with Crippen LogP contribution in [0.3, 0.4) is 0 Å². The van der Waals surface area contributed by atoms with E-state index >= 15 is 0 Å². The number of carbonyl (C=O) groups excluding carboxylic acids is 3. The van der Waals surface area contributed by atoms with Crippen molar-refractivity contribution in [2.75, 3.05) is 14.2 Å². The van der Waals surface area contributed by atoms with Crippen molar-refractivity contribution in [3.05, 3.63) is 23.0 Å². The van der Waals surface area contributed by atoms with Gasteiger partial charge in [-0.15, -0.1) is 0 Å². The minimum absolute atomic E-state index is 0.0763. The maximum atomic E-state index is 12.8. The minimum Gasteiger partial charge on any atom is -0.547 e. The number of hydrogen-bond donors (Lipinski definition) is 0. The Morgan fingerprint density at radius 1 is 1.23 bits per heavy atom. The predicted octanol–water partition coefficient (Wildman–Crippen LogP) is 2.77. The van der Waals surface area contributed by atoms with Crippen molar-refractivity contribution in [2.45, 2.75) is 51.7 Å². The molecule has 0 N–H and O–H groups in total. The van der Waals surface area contributed by atoms with E-state index in [9.17, 15) is 14.4 Å². The zero-order valence-corrected chi connectivity index (χ0v) is 17.2. The standard InChI is InChI=1S/C19H27NO5Si/c1-20-16(21)13-9-12(10-14(13)17(20)22)11-19(18(23)24-2)8-6-7-15(19)25-26(3,4)5/h7,12H,6,8-11H2,1-5H3. The van der Waals surface area contributed by atoms with Gasteiger partial charge in [0.15, 0.2) is 0 Å². The van der Waals surface area contributed by atoms with Gasteiger partial charge in [0.25, 0.3) is 11.8 Å². The van der Waals surface area contributed by atoms with Crippen molar-refractivity contribution in [1.82, 2.24) is 4.90 Å². The van der Waals surface area contributed by atoms with Gasteiger partial charge < -0.3 is 9.16 Å².